The van der Waals surface area contributed by atoms with Gasteiger partial charge in [-0.1, -0.05) is 176 Å². The Morgan fingerprint density at radius 2 is 0.972 bits per heavy atom. The van der Waals surface area contributed by atoms with Gasteiger partial charge in [0.25, 0.3) is 23.3 Å². The van der Waals surface area contributed by atoms with Crippen LogP contribution in [-0.4, -0.2) is 76.9 Å². The number of carbonyl (C=O) groups excluding carboxylic acids is 3. The van der Waals surface area contributed by atoms with Gasteiger partial charge in [-0.15, -0.1) is 0 Å². The van der Waals surface area contributed by atoms with Crippen LogP contribution in [0.4, 0.5) is 0 Å². The molecule has 0 fully saturated rings. The van der Waals surface area contributed by atoms with E-state index in [1.165, 1.54) is 125 Å². The predicted molar refractivity (Wildman–Crippen MR) is 451 cm³/mol. The quantitative estimate of drug-likeness (QED) is 0.0898. The number of imide groups is 1. The van der Waals surface area contributed by atoms with E-state index in [1.54, 1.807) is 42.3 Å². The molecule has 0 spiro atoms. The van der Waals surface area contributed by atoms with E-state index in [9.17, 15) is 39.3 Å². The number of benzene rings is 7. The summed E-state index contributed by atoms with van der Waals surface area (Å²) < 4.78 is 5.63. The number of phenols is 3. The minimum Gasteiger partial charge on any atom is -0.507 e. The Morgan fingerprint density at radius 1 is 0.472 bits per heavy atom. The Balaban J connectivity index is 0.000000203. The maximum atomic E-state index is 11.9. The second kappa shape index (κ2) is 31.8. The molecule has 0 aliphatic carbocycles. The number of phenolic OH excluding ortho intramolecular Hbond substituents is 3. The van der Waals surface area contributed by atoms with Crippen molar-refractivity contribution in [1.82, 2.24) is 29.7 Å². The second-order valence-corrected chi connectivity index (χ2v) is 35.9. The summed E-state index contributed by atoms with van der Waals surface area (Å²) in [5, 5.41) is 35.1. The summed E-state index contributed by atoms with van der Waals surface area (Å²) in [6, 6.07) is 21.4. The first kappa shape index (κ1) is 87.2. The number of aromatic nitrogens is 4. The van der Waals surface area contributed by atoms with Gasteiger partial charge in [-0.25, -0.2) is 4.98 Å². The van der Waals surface area contributed by atoms with Crippen molar-refractivity contribution in [2.45, 2.75) is 250 Å². The zero-order chi connectivity index (χ0) is 79.7. The van der Waals surface area contributed by atoms with E-state index in [1.807, 2.05) is 51.2 Å². The fourth-order valence-corrected chi connectivity index (χ4v) is 15.3. The lowest BCUT2D eigenvalue weighted by Crippen LogP contribution is -2.24. The van der Waals surface area contributed by atoms with Gasteiger partial charge in [-0.05, 0) is 229 Å². The van der Waals surface area contributed by atoms with Crippen LogP contribution in [0.15, 0.2) is 99.3 Å². The van der Waals surface area contributed by atoms with E-state index in [4.69, 9.17) is 4.42 Å². The molecule has 108 heavy (non-hydrogen) atoms. The molecule has 4 aromatic heterocycles. The van der Waals surface area contributed by atoms with Gasteiger partial charge >= 0.3 is 0 Å². The number of nitrogens with one attached hydrogen (secondary N) is 3. The number of nitrogens with zero attached hydrogens (tertiary/aromatic N) is 3. The maximum absolute atomic E-state index is 11.9. The summed E-state index contributed by atoms with van der Waals surface area (Å²) in [6.07, 6.45) is 4.91. The third-order valence-corrected chi connectivity index (χ3v) is 20.9. The van der Waals surface area contributed by atoms with Crippen molar-refractivity contribution in [2.24, 2.45) is 10.8 Å². The van der Waals surface area contributed by atoms with Crippen LogP contribution in [0.1, 0.15) is 265 Å². The van der Waals surface area contributed by atoms with Crippen molar-refractivity contribution in [3.8, 4) is 17.2 Å². The number of para-hydroxylation sites is 1. The molecule has 15 nitrogen and oxygen atoms in total. The second-order valence-electron chi connectivity index (χ2n) is 35.9. The van der Waals surface area contributed by atoms with Gasteiger partial charge in [-0.2, -0.15) is 0 Å². The van der Waals surface area contributed by atoms with Crippen LogP contribution in [0.3, 0.4) is 0 Å². The summed E-state index contributed by atoms with van der Waals surface area (Å²) in [5.74, 6) is -0.150. The molecule has 15 heteroatoms. The number of hydrogen-bond acceptors (Lipinski definition) is 10. The van der Waals surface area contributed by atoms with Gasteiger partial charge in [-0.3, -0.25) is 28.9 Å². The number of carbonyl (C=O) groups is 3. The smallest absolute Gasteiger partial charge is 0.265 e. The molecule has 2 aliphatic heterocycles. The molecule has 3 amide bonds. The normalized spacial score (nSPS) is 13.0. The minimum absolute atomic E-state index is 0. The molecule has 0 unspecified atom stereocenters. The minimum atomic E-state index is -0.428. The number of aryl methyl sites for hydroxylation is 6. The number of fused-ring (bicyclic) bond motifs is 8. The lowest BCUT2D eigenvalue weighted by Gasteiger charge is -2.26. The molecule has 11 aromatic rings. The van der Waals surface area contributed by atoms with Crippen LogP contribution >= 0.6 is 0 Å². The molecule has 0 atom stereocenters. The highest BCUT2D eigenvalue weighted by molar-refractivity contribution is 6.22. The molecular formula is C93H124N6O9. The first-order valence-corrected chi connectivity index (χ1v) is 36.8. The first-order chi connectivity index (χ1) is 48.7. The Kier molecular flexibility index (Phi) is 25.7. The van der Waals surface area contributed by atoms with Crippen LogP contribution in [0.5, 0.6) is 17.2 Å². The van der Waals surface area contributed by atoms with Crippen molar-refractivity contribution in [3.63, 3.8) is 0 Å². The Bertz CT molecular complexity index is 5400. The highest BCUT2D eigenvalue weighted by Crippen LogP contribution is 2.44. The van der Waals surface area contributed by atoms with Crippen LogP contribution in [0.2, 0.25) is 0 Å². The standard InChI is InChI=1S/C23H31N.C15H21N.C14H17NO3.C14H19NO2.C13H14O3.C12H14N2O.2CH4/c1-11-12(2)15(5)21-18(13(11)3)19-17(7)20(23(8,9)10)14(4)16(6)22(19)24-21;1-9-10(2)14-12(7-8-16-14)11(3)13(9)15(4,5)6;1-14(2,3)7-8-5-6-9-10(11(8)16)13(18)15(4)12(9)17;1-14(2,3)7-9-5-6-10-8-15(4)13(17)11(10)12(9)16;1-13(2,3)11-7-9(15)12-8(14)5-4-6-10(12)16-11;1-12(2,3)9-6-4-5-8-10(9)13-7-14-11(8)15;;/h24H,1-10H3;7-8,16H,1-6H3;5-6,16H,7H2,1-4H3;5-6,16H,7-8H2,1-4H3;4-7,14H,1-3H3;4-7H,1-3H3,(H,13,14,15);2*1H4. The molecule has 13 rings (SSSR count). The maximum Gasteiger partial charge on any atom is 0.265 e. The van der Waals surface area contributed by atoms with E-state index in [0.717, 1.165) is 33.5 Å². The Hall–Kier alpha value is -9.76. The highest BCUT2D eigenvalue weighted by Gasteiger charge is 2.37. The van der Waals surface area contributed by atoms with Crippen molar-refractivity contribution in [3.05, 3.63) is 217 Å². The molecule has 0 saturated heterocycles. The molecule has 7 aromatic carbocycles. The zero-order valence-corrected chi connectivity index (χ0v) is 68.8. The van der Waals surface area contributed by atoms with Crippen LogP contribution in [0.25, 0.3) is 54.6 Å². The van der Waals surface area contributed by atoms with Gasteiger partial charge in [0.2, 0.25) is 0 Å². The third-order valence-electron chi connectivity index (χ3n) is 20.9. The summed E-state index contributed by atoms with van der Waals surface area (Å²) in [5.41, 5.74) is 26.8. The molecule has 6 heterocycles. The number of rotatable bonds is 2. The molecule has 6 N–H and O–H groups in total. The fourth-order valence-electron chi connectivity index (χ4n) is 15.3. The molecule has 2 aliphatic rings. The fraction of sp³-hybridized carbons (Fsp3) is 0.441. The lowest BCUT2D eigenvalue weighted by molar-refractivity contribution is 0.0691. The van der Waals surface area contributed by atoms with Crippen LogP contribution < -0.4 is 11.0 Å². The van der Waals surface area contributed by atoms with Gasteiger partial charge in [0, 0.05) is 71.0 Å². The summed E-state index contributed by atoms with van der Waals surface area (Å²) in [6.45, 7) is 61.8. The van der Waals surface area contributed by atoms with Gasteiger partial charge in [0.05, 0.1) is 33.9 Å². The van der Waals surface area contributed by atoms with E-state index in [-0.39, 0.29) is 104 Å². The van der Waals surface area contributed by atoms with Crippen molar-refractivity contribution in [1.29, 1.82) is 0 Å². The van der Waals surface area contributed by atoms with Crippen molar-refractivity contribution < 1.29 is 34.1 Å². The molecule has 0 bridgehead atoms. The van der Waals surface area contributed by atoms with E-state index >= 15 is 0 Å². The predicted octanol–water partition coefficient (Wildman–Crippen LogP) is 22.2. The molecular weight excluding hydrogens is 1350 g/mol. The van der Waals surface area contributed by atoms with Crippen molar-refractivity contribution >= 4 is 72.3 Å². The van der Waals surface area contributed by atoms with E-state index in [2.05, 4.69) is 199 Å². The Morgan fingerprint density at radius 3 is 1.51 bits per heavy atom. The number of aromatic hydroxyl groups is 3. The van der Waals surface area contributed by atoms with Gasteiger partial charge in [0.15, 0.2) is 5.43 Å². The molecule has 580 valence electrons. The highest BCUT2D eigenvalue weighted by atomic mass is 16.3. The molecule has 0 radical (unpaired) electrons. The van der Waals surface area contributed by atoms with E-state index < -0.39 is 5.91 Å². The van der Waals surface area contributed by atoms with Gasteiger partial charge < -0.3 is 39.6 Å². The van der Waals surface area contributed by atoms with Gasteiger partial charge in [0.1, 0.15) is 34.0 Å². The number of hydrogen-bond donors (Lipinski definition) is 6. The first-order valence-electron chi connectivity index (χ1n) is 36.8. The number of amides is 3. The van der Waals surface area contributed by atoms with Crippen molar-refractivity contribution in [2.75, 3.05) is 14.1 Å². The van der Waals surface area contributed by atoms with Crippen LogP contribution in [-0.2, 0) is 41.0 Å². The number of H-pyrrole nitrogens is 3. The summed E-state index contributed by atoms with van der Waals surface area (Å²) in [4.78, 5) is 75.6. The summed E-state index contributed by atoms with van der Waals surface area (Å²) in [7, 11) is 3.18. The topological polar surface area (TPSA) is 226 Å². The SMILES string of the molecule is C.C.CC(C)(C)c1cc(=O)c2c(O)cccc2o1.CC(C)(C)c1cccc2c(=O)[nH]cnc12.CN1C(=O)c2ccc(CC(C)(C)C)c(O)c2C1=O.CN1Cc2ccc(CC(C)(C)C)c(O)c2C1=O.Cc1c(C(C)(C)C)c(C)c2cc[nH]c2c1C.Cc1c(C)c(C)c2c([nH]c3c(C)c(C)c(C(C)(C)C)c(C)c32)c1C. The Labute approximate surface area is 642 Å². The van der Waals surface area contributed by atoms with E-state index in [0.29, 0.717) is 40.8 Å². The zero-order valence-electron chi connectivity index (χ0n) is 68.8. The third kappa shape index (κ3) is 17.7. The monoisotopic (exact) mass is 1470 g/mol. The average Bonchev–Trinajstić information content (AvgIpc) is 1.55. The average molecular weight is 1470 g/mol. The molecule has 0 saturated carbocycles. The number of aromatic amines is 3. The largest absolute Gasteiger partial charge is 0.507 e. The lowest BCUT2D eigenvalue weighted by atomic mass is 9.78. The van der Waals surface area contributed by atoms with Crippen LogP contribution in [0, 0.1) is 80.1 Å². The summed E-state index contributed by atoms with van der Waals surface area (Å²) >= 11 is 0.